The number of ether oxygens (including phenoxy) is 1. The molecule has 1 unspecified atom stereocenters. The molecule has 0 radical (unpaired) electrons. The summed E-state index contributed by atoms with van der Waals surface area (Å²) in [7, 11) is 2.94. The summed E-state index contributed by atoms with van der Waals surface area (Å²) in [5.74, 6) is -4.30. The number of nitrogens with one attached hydrogen (secondary N) is 5. The molecule has 7 N–H and O–H groups in total. The van der Waals surface area contributed by atoms with Gasteiger partial charge in [-0.05, 0) is 43.4 Å². The molecule has 10 heterocycles. The van der Waals surface area contributed by atoms with Crippen molar-refractivity contribution in [3.05, 3.63) is 130 Å². The Kier molecular flexibility index (Phi) is 17.9. The average Bonchev–Trinajstić information content (AvgIpc) is 2.71. The van der Waals surface area contributed by atoms with E-state index in [4.69, 9.17) is 39.6 Å². The van der Waals surface area contributed by atoms with E-state index in [1.54, 1.807) is 75.5 Å². The van der Waals surface area contributed by atoms with Crippen LogP contribution in [0.4, 0.5) is 0 Å². The molecule has 25 nitrogen and oxygen atoms in total. The van der Waals surface area contributed by atoms with Crippen molar-refractivity contribution in [2.45, 2.75) is 76.9 Å². The number of rotatable bonds is 11. The summed E-state index contributed by atoms with van der Waals surface area (Å²) in [5, 5.41) is 45.0. The van der Waals surface area contributed by atoms with Gasteiger partial charge in [-0.15, -0.1) is 68.0 Å². The fourth-order valence-electron chi connectivity index (χ4n) is 9.67. The molecule has 1 aromatic carbocycles. The van der Waals surface area contributed by atoms with Crippen molar-refractivity contribution in [1.82, 2.24) is 75.9 Å². The number of thiazole rings is 6. The summed E-state index contributed by atoms with van der Waals surface area (Å²) >= 11 is 7.20. The first kappa shape index (κ1) is 60.3. The molecule has 8 aromatic heterocycles. The summed E-state index contributed by atoms with van der Waals surface area (Å²) in [5.41, 5.74) is 2.75. The molecule has 5 atom stereocenters. The second kappa shape index (κ2) is 25.9. The van der Waals surface area contributed by atoms with Crippen LogP contribution >= 0.6 is 68.0 Å². The molecule has 9 aromatic rings. The van der Waals surface area contributed by atoms with E-state index in [9.17, 15) is 43.8 Å². The highest BCUT2D eigenvalue weighted by Crippen LogP contribution is 2.40. The van der Waals surface area contributed by atoms with Gasteiger partial charge in [-0.3, -0.25) is 33.3 Å². The first-order valence-corrected chi connectivity index (χ1v) is 32.1. The van der Waals surface area contributed by atoms with E-state index < -0.39 is 78.2 Å². The minimum absolute atomic E-state index is 0.00267. The van der Waals surface area contributed by atoms with E-state index >= 15 is 0 Å². The number of amides is 6. The lowest BCUT2D eigenvalue weighted by molar-refractivity contribution is -0.141. The van der Waals surface area contributed by atoms with Gasteiger partial charge in [0.2, 0.25) is 11.8 Å². The van der Waals surface area contributed by atoms with Crippen LogP contribution in [-0.4, -0.2) is 134 Å². The zero-order valence-electron chi connectivity index (χ0n) is 46.8. The molecule has 11 rings (SSSR count). The molecule has 1 saturated heterocycles. The Morgan fingerprint density at radius 2 is 1.48 bits per heavy atom. The number of carboxylic acids is 1. The number of fused-ring (bicyclic) bond motifs is 14. The minimum atomic E-state index is -1.29. The van der Waals surface area contributed by atoms with Crippen LogP contribution in [0.2, 0.25) is 0 Å². The van der Waals surface area contributed by atoms with Crippen LogP contribution in [0, 0.1) is 12.8 Å². The van der Waals surface area contributed by atoms with E-state index in [1.165, 1.54) is 88.3 Å². The molecule has 448 valence electrons. The normalized spacial score (nSPS) is 17.9. The number of aromatic nitrogens is 9. The van der Waals surface area contributed by atoms with Gasteiger partial charge in [0.1, 0.15) is 100 Å². The summed E-state index contributed by atoms with van der Waals surface area (Å²) in [6.45, 7) is 5.25. The van der Waals surface area contributed by atoms with Gasteiger partial charge in [-0.2, -0.15) is 0 Å². The number of imidazole rings is 1. The molecule has 87 heavy (non-hydrogen) atoms. The zero-order valence-corrected chi connectivity index (χ0v) is 51.7. The Hall–Kier alpha value is -8.43. The Bertz CT molecular complexity index is 4090. The quantitative estimate of drug-likeness (QED) is 0.0673. The van der Waals surface area contributed by atoms with Crippen molar-refractivity contribution in [3.63, 3.8) is 0 Å². The molecule has 1 fully saturated rings. The van der Waals surface area contributed by atoms with E-state index in [-0.39, 0.29) is 46.7 Å². The largest absolute Gasteiger partial charge is 0.480 e. The number of aliphatic hydroxyl groups excluding tert-OH is 1. The van der Waals surface area contributed by atoms with Gasteiger partial charge < -0.3 is 46.4 Å². The molecule has 2 aliphatic rings. The number of hydrogen-bond acceptors (Lipinski definition) is 23. The van der Waals surface area contributed by atoms with E-state index in [0.29, 0.717) is 93.9 Å². The minimum Gasteiger partial charge on any atom is -0.480 e. The number of methoxy groups -OCH3 is 1. The third-order valence-corrected chi connectivity index (χ3v) is 19.8. The first-order valence-electron chi connectivity index (χ1n) is 27.0. The van der Waals surface area contributed by atoms with E-state index in [2.05, 4.69) is 31.6 Å². The first-order chi connectivity index (χ1) is 41.9. The van der Waals surface area contributed by atoms with Crippen LogP contribution in [0.15, 0.2) is 76.5 Å². The summed E-state index contributed by atoms with van der Waals surface area (Å²) in [6.07, 6.45) is 2.35. The number of hydrogen-bond donors (Lipinski definition) is 7. The summed E-state index contributed by atoms with van der Waals surface area (Å²) in [4.78, 5) is 136. The lowest BCUT2D eigenvalue weighted by Gasteiger charge is -2.23. The van der Waals surface area contributed by atoms with Gasteiger partial charge in [-0.25, -0.2) is 44.7 Å². The second-order valence-electron chi connectivity index (χ2n) is 20.3. The van der Waals surface area contributed by atoms with Crippen LogP contribution in [0.5, 0.6) is 0 Å². The number of aliphatic hydroxyl groups is 1. The Morgan fingerprint density at radius 1 is 0.747 bits per heavy atom. The zero-order chi connectivity index (χ0) is 61.2. The molecular weight excluding hydrogens is 1240 g/mol. The summed E-state index contributed by atoms with van der Waals surface area (Å²) < 4.78 is 7.02. The van der Waals surface area contributed by atoms with Gasteiger partial charge in [-0.1, -0.05) is 44.2 Å². The molecule has 0 aliphatic carbocycles. The number of benzene rings is 1. The van der Waals surface area contributed by atoms with Crippen LogP contribution in [0.1, 0.15) is 130 Å². The standard InChI is InChI=1S/C56H53N15O10S6/c1-25(2)40-54-69-43(36(87-54)19-81-5)47(76)58-17-39(73)66-44(45(74)27-10-7-6-8-11-27)53-64-34(22-84-53)51-62-32(20-83-51)42-28(49-63-33(21-82-49)46(75)61-30(16-38(72)57-4)52-68-41(26(3)86-52)48(77)67-40)13-14-29(60-42)50-65-37(23-85-50)70-18-31(59-24-70)55(78)71-15-9-12-35(71)56(79)80/h6-8,10-11,13-14,18,20-25,30,35,40,44-45,74H,9,12,15-17,19H2,1-5H3,(H,57,72)(H,58,76)(H,61,75)(H,66,73)(H,67,77)(H,79,80)/t30-,35+,40?,44-,45-/m0/s1. The fourth-order valence-corrected chi connectivity index (χ4v) is 15.2. The van der Waals surface area contributed by atoms with E-state index in [0.717, 1.165) is 11.3 Å². The van der Waals surface area contributed by atoms with Crippen molar-refractivity contribution in [2.75, 3.05) is 27.2 Å². The van der Waals surface area contributed by atoms with Crippen LogP contribution in [0.25, 0.3) is 49.2 Å². The Morgan fingerprint density at radius 3 is 2.25 bits per heavy atom. The monoisotopic (exact) mass is 1290 g/mol. The third-order valence-electron chi connectivity index (χ3n) is 14.1. The lowest BCUT2D eigenvalue weighted by Crippen LogP contribution is -2.40. The van der Waals surface area contributed by atoms with Gasteiger partial charge >= 0.3 is 5.97 Å². The molecule has 10 bridgehead atoms. The average molecular weight is 1290 g/mol. The van der Waals surface area contributed by atoms with Gasteiger partial charge in [0.15, 0.2) is 0 Å². The molecule has 2 aliphatic heterocycles. The number of aryl methyl sites for hydroxylation is 1. The molecule has 0 spiro atoms. The SMILES string of the molecule is CNC(=O)C[C@@H]1NC(=O)c2csc(n2)-c2ccc(-c3nc(-n4cnc(C(=O)N5CCC[C@@H]5C(=O)O)c4)cs3)nc2-c2csc(n2)-c2csc(n2)[C@H]([C@@H](O)c2ccccc2)NC(=O)CNC(=O)c2nc(sc2COC)C(C(C)C)NC(=O)c2nc1sc2C. The van der Waals surface area contributed by atoms with Gasteiger partial charge in [0.05, 0.1) is 42.2 Å². The maximum Gasteiger partial charge on any atom is 0.326 e. The number of pyridine rings is 1. The lowest BCUT2D eigenvalue weighted by atomic mass is 10.0. The molecule has 6 amide bonds. The smallest absolute Gasteiger partial charge is 0.326 e. The predicted molar refractivity (Wildman–Crippen MR) is 326 cm³/mol. The maximum absolute atomic E-state index is 14.4. The number of carbonyl (C=O) groups is 7. The van der Waals surface area contributed by atoms with Crippen molar-refractivity contribution in [3.8, 4) is 49.2 Å². The van der Waals surface area contributed by atoms with Gasteiger partial charge in [0, 0.05) is 58.9 Å². The van der Waals surface area contributed by atoms with E-state index in [1.807, 2.05) is 13.8 Å². The van der Waals surface area contributed by atoms with Gasteiger partial charge in [0.25, 0.3) is 23.6 Å². The number of carbonyl (C=O) groups excluding carboxylic acids is 6. The van der Waals surface area contributed by atoms with Crippen molar-refractivity contribution < 1.29 is 48.5 Å². The third kappa shape index (κ3) is 12.9. The molecule has 0 saturated carbocycles. The van der Waals surface area contributed by atoms with Crippen molar-refractivity contribution >= 4 is 109 Å². The maximum atomic E-state index is 14.4. The topological polar surface area (TPSA) is 341 Å². The summed E-state index contributed by atoms with van der Waals surface area (Å²) in [6, 6.07) is 8.55. The second-order valence-corrected chi connectivity index (χ2v) is 26.1. The number of carboxylic acid groups (broad SMARTS) is 1. The van der Waals surface area contributed by atoms with Crippen molar-refractivity contribution in [1.29, 1.82) is 0 Å². The Balaban J connectivity index is 0.975. The molecular formula is C56H53N15O10S6. The highest BCUT2D eigenvalue weighted by molar-refractivity contribution is 7.15. The molecule has 31 heteroatoms. The number of aliphatic carboxylic acids is 1. The van der Waals surface area contributed by atoms with Crippen molar-refractivity contribution in [2.24, 2.45) is 5.92 Å². The highest BCUT2D eigenvalue weighted by Gasteiger charge is 2.36. The number of nitrogens with zero attached hydrogens (tertiary/aromatic N) is 10. The highest BCUT2D eigenvalue weighted by atomic mass is 32.1. The predicted octanol–water partition coefficient (Wildman–Crippen LogP) is 7.19. The van der Waals surface area contributed by atoms with Crippen LogP contribution in [0.3, 0.4) is 0 Å². The number of likely N-dealkylation sites (tertiary alicyclic amines) is 1. The fraction of sp³-hybridized carbons (Fsp3) is 0.304. The van der Waals surface area contributed by atoms with Crippen LogP contribution < -0.4 is 26.6 Å². The Labute approximate surface area is 519 Å². The van der Waals surface area contributed by atoms with Crippen LogP contribution in [-0.2, 0) is 25.7 Å².